The Bertz CT molecular complexity index is 2470. The first kappa shape index (κ1) is 46.6. The summed E-state index contributed by atoms with van der Waals surface area (Å²) in [7, 11) is 19.1. The van der Waals surface area contributed by atoms with E-state index in [0.29, 0.717) is 10.8 Å². The van der Waals surface area contributed by atoms with Crippen molar-refractivity contribution in [1.82, 2.24) is 0 Å². The zero-order chi connectivity index (χ0) is 47.0. The Morgan fingerprint density at radius 2 is 0.800 bits per heavy atom. The van der Waals surface area contributed by atoms with E-state index >= 15 is 0 Å². The van der Waals surface area contributed by atoms with E-state index in [0.717, 1.165) is 47.3 Å². The van der Waals surface area contributed by atoms with E-state index in [1.54, 1.807) is 22.3 Å². The van der Waals surface area contributed by atoms with Crippen molar-refractivity contribution in [3.05, 3.63) is 129 Å². The summed E-state index contributed by atoms with van der Waals surface area (Å²) in [6.07, 6.45) is 39.1. The second-order valence-corrected chi connectivity index (χ2v) is 69.9. The van der Waals surface area contributed by atoms with Crippen LogP contribution in [0.1, 0.15) is 207 Å². The normalized spacial score (nSPS) is 34.9. The predicted octanol–water partition coefficient (Wildman–Crippen LogP) is 19.9. The van der Waals surface area contributed by atoms with Crippen LogP contribution in [0.15, 0.2) is 96.1 Å². The molecule has 0 spiro atoms. The van der Waals surface area contributed by atoms with E-state index < -0.39 is 21.5 Å². The fraction of sp³-hybridized carbons (Fsp3) is 0.576. The predicted molar refractivity (Wildman–Crippen MR) is 298 cm³/mol. The van der Waals surface area contributed by atoms with Gasteiger partial charge in [-0.15, -0.1) is 0 Å². The molecule has 0 amide bonds. The van der Waals surface area contributed by atoms with Crippen LogP contribution in [-0.4, -0.2) is 5.92 Å². The minimum absolute atomic E-state index is 0.148. The van der Waals surface area contributed by atoms with Gasteiger partial charge in [0.05, 0.1) is 0 Å². The van der Waals surface area contributed by atoms with E-state index in [2.05, 4.69) is 110 Å². The zero-order valence-corrected chi connectivity index (χ0v) is 47.9. The molecule has 2 unspecified atom stereocenters. The first-order valence-corrected chi connectivity index (χ1v) is 45.7. The molecule has 12 aliphatic carbocycles. The standard InChI is InChI=1S/2C32H37.C2H7Si.2ClH.Zr/c2*1-2-5-26(6-3-1)27-9-11-28(12-10-27)30-8-4-7-29-16-25(17-31(29)30)21-32-18-22-13-23(19-32)15-24(14-22)20-32;1-3-2;;;/h2*4,7-12,16-17,22-24,26H,1-3,5-6,13-15,18-21H2;3H,1-2H3;2*1H;/q;;;;;+2/p-2. The summed E-state index contributed by atoms with van der Waals surface area (Å²) in [5, 5.41) is 0. The van der Waals surface area contributed by atoms with Gasteiger partial charge in [0.1, 0.15) is 0 Å². The van der Waals surface area contributed by atoms with Crippen LogP contribution in [0.5, 0.6) is 0 Å². The molecule has 367 valence electrons. The minimum atomic E-state index is -5.17. The van der Waals surface area contributed by atoms with Gasteiger partial charge in [0.25, 0.3) is 0 Å². The van der Waals surface area contributed by atoms with Gasteiger partial charge >= 0.3 is 435 Å². The molecule has 16 rings (SSSR count). The Morgan fingerprint density at radius 3 is 1.13 bits per heavy atom. The Labute approximate surface area is 431 Å². The molecule has 0 N–H and O–H groups in total. The van der Waals surface area contributed by atoms with Crippen LogP contribution in [0.4, 0.5) is 0 Å². The van der Waals surface area contributed by atoms with Gasteiger partial charge in [-0.1, -0.05) is 0 Å². The van der Waals surface area contributed by atoms with Crippen molar-refractivity contribution in [2.45, 2.75) is 186 Å². The average molecular weight is 1060 g/mol. The molecule has 0 aliphatic heterocycles. The van der Waals surface area contributed by atoms with Gasteiger partial charge in [0.15, 0.2) is 0 Å². The summed E-state index contributed by atoms with van der Waals surface area (Å²) < 4.78 is 0.296. The molecule has 4 aromatic rings. The fourth-order valence-electron chi connectivity index (χ4n) is 20.5. The van der Waals surface area contributed by atoms with Crippen molar-refractivity contribution in [2.75, 3.05) is 0 Å². The summed E-state index contributed by atoms with van der Waals surface area (Å²) in [4.78, 5) is 0. The molecule has 0 saturated heterocycles. The molecule has 4 heteroatoms. The fourth-order valence-corrected chi connectivity index (χ4v) is 51.8. The maximum atomic E-state index is 9.53. The van der Waals surface area contributed by atoms with Crippen LogP contribution in [0.25, 0.3) is 34.4 Å². The van der Waals surface area contributed by atoms with Crippen LogP contribution in [0, 0.1) is 46.3 Å². The van der Waals surface area contributed by atoms with Crippen molar-refractivity contribution in [1.29, 1.82) is 0 Å². The molecule has 0 aromatic heterocycles. The van der Waals surface area contributed by atoms with Gasteiger partial charge in [-0.3, -0.25) is 0 Å². The Hall–Kier alpha value is -1.96. The molecule has 8 bridgehead atoms. The van der Waals surface area contributed by atoms with E-state index in [9.17, 15) is 17.0 Å². The third kappa shape index (κ3) is 7.74. The van der Waals surface area contributed by atoms with Crippen LogP contribution in [0.2, 0.25) is 13.1 Å². The summed E-state index contributed by atoms with van der Waals surface area (Å²) >= 11 is -5.17. The molecule has 12 aliphatic rings. The first-order chi connectivity index (χ1) is 34.0. The third-order valence-electron chi connectivity index (χ3n) is 22.6. The van der Waals surface area contributed by atoms with Gasteiger partial charge in [0.2, 0.25) is 0 Å². The van der Waals surface area contributed by atoms with Crippen molar-refractivity contribution in [2.24, 2.45) is 46.3 Å². The molecular formula is C66H81Cl2SiZr. The number of allylic oxidation sites excluding steroid dienone is 2. The van der Waals surface area contributed by atoms with Crippen molar-refractivity contribution in [3.8, 4) is 22.3 Å². The Morgan fingerprint density at radius 1 is 0.457 bits per heavy atom. The van der Waals surface area contributed by atoms with E-state index in [-0.39, 0.29) is 7.25 Å². The number of hydrogen-bond acceptors (Lipinski definition) is 0. The number of benzene rings is 4. The first-order valence-electron chi connectivity index (χ1n) is 29.4. The summed E-state index contributed by atoms with van der Waals surface area (Å²) in [5.74, 6) is 5.21. The quantitative estimate of drug-likeness (QED) is 0.131. The van der Waals surface area contributed by atoms with E-state index in [4.69, 9.17) is 0 Å². The average Bonchev–Trinajstić information content (AvgIpc) is 3.92. The molecule has 0 heterocycles. The monoisotopic (exact) mass is 1060 g/mol. The molecule has 0 radical (unpaired) electrons. The van der Waals surface area contributed by atoms with Crippen LogP contribution in [0.3, 0.4) is 0 Å². The second-order valence-electron chi connectivity index (χ2n) is 27.4. The van der Waals surface area contributed by atoms with Crippen molar-refractivity contribution in [3.63, 3.8) is 0 Å². The molecule has 4 aromatic carbocycles. The van der Waals surface area contributed by atoms with Crippen molar-refractivity contribution < 1.29 is 15.6 Å². The van der Waals surface area contributed by atoms with Crippen LogP contribution in [-0.2, 0) is 15.6 Å². The number of rotatable bonds is 11. The van der Waals surface area contributed by atoms with Gasteiger partial charge in [-0.25, -0.2) is 0 Å². The zero-order valence-electron chi connectivity index (χ0n) is 42.8. The third-order valence-corrected chi connectivity index (χ3v) is 74.4. The molecule has 0 nitrogen and oxygen atoms in total. The van der Waals surface area contributed by atoms with Gasteiger partial charge in [-0.05, 0) is 0 Å². The van der Waals surface area contributed by atoms with Crippen molar-refractivity contribution >= 4 is 35.1 Å². The molecule has 10 fully saturated rings. The van der Waals surface area contributed by atoms with E-state index in [1.807, 2.05) is 0 Å². The van der Waals surface area contributed by atoms with Crippen LogP contribution >= 0.6 is 17.0 Å². The molecule has 70 heavy (non-hydrogen) atoms. The van der Waals surface area contributed by atoms with Gasteiger partial charge < -0.3 is 0 Å². The molecule has 2 atom stereocenters. The summed E-state index contributed by atoms with van der Waals surface area (Å²) in [6, 6.07) is 34.7. The molecular weight excluding hydrogens is 983 g/mol. The Kier molecular flexibility index (Phi) is 11.7. The van der Waals surface area contributed by atoms with Gasteiger partial charge in [0, 0.05) is 0 Å². The molecule has 10 saturated carbocycles. The Balaban J connectivity index is 0.919. The summed E-state index contributed by atoms with van der Waals surface area (Å²) in [5.41, 5.74) is 18.7. The number of fused-ring (bicyclic) bond motifs is 2. The number of halogens is 2. The SMILES string of the molecule is C[SiH](C)[Zr]([Cl])([Cl])([CH]1C(CC23CC4CC(CC(C4)C2)C3)=Cc2c(-c3ccc(C4CCCCC4)cc3)cccc21)[CH]1C(CC23CC4CC(CC(C4)C2)C3)=Cc2c(-c3ccc(C4CCCCC4)cc3)cccc21. The van der Waals surface area contributed by atoms with Gasteiger partial charge in [-0.2, -0.15) is 0 Å². The summed E-state index contributed by atoms with van der Waals surface area (Å²) in [6.45, 7) is 5.27. The maximum absolute atomic E-state index is 9.53. The topological polar surface area (TPSA) is 0 Å². The number of hydrogen-bond donors (Lipinski definition) is 0. The second kappa shape index (κ2) is 17.6. The van der Waals surface area contributed by atoms with Crippen LogP contribution < -0.4 is 0 Å². The van der Waals surface area contributed by atoms with E-state index in [1.165, 1.54) is 199 Å².